The first-order chi connectivity index (χ1) is 11.3. The van der Waals surface area contributed by atoms with E-state index in [1.165, 1.54) is 37.7 Å². The van der Waals surface area contributed by atoms with Crippen LogP contribution in [0, 0.1) is 29.1 Å². The normalized spacial score (nSPS) is 44.9. The molecule has 2 heteroatoms. The molecule has 0 amide bonds. The van der Waals surface area contributed by atoms with Gasteiger partial charge in [-0.15, -0.1) is 0 Å². The summed E-state index contributed by atoms with van der Waals surface area (Å²) >= 11 is 0. The molecule has 0 heterocycles. The van der Waals surface area contributed by atoms with Gasteiger partial charge in [-0.3, -0.25) is 0 Å². The monoisotopic (exact) mass is 332 g/mol. The first kappa shape index (κ1) is 18.2. The number of aliphatic hydroxyl groups is 2. The molecule has 3 aliphatic carbocycles. The summed E-state index contributed by atoms with van der Waals surface area (Å²) < 4.78 is 0. The van der Waals surface area contributed by atoms with Crippen molar-refractivity contribution in [2.45, 2.75) is 84.8 Å². The molecular weight excluding hydrogens is 296 g/mol. The van der Waals surface area contributed by atoms with E-state index in [2.05, 4.69) is 32.9 Å². The molecule has 0 aromatic carbocycles. The lowest BCUT2D eigenvalue weighted by Crippen LogP contribution is -2.35. The Morgan fingerprint density at radius 2 is 1.75 bits per heavy atom. The maximum atomic E-state index is 10.1. The third-order valence-corrected chi connectivity index (χ3v) is 7.53. The minimum atomic E-state index is -0.396. The zero-order valence-corrected chi connectivity index (χ0v) is 16.0. The Morgan fingerprint density at radius 3 is 2.38 bits per heavy atom. The molecule has 3 saturated carbocycles. The predicted octanol–water partition coefficient (Wildman–Crippen LogP) is 4.86. The number of fused-ring (bicyclic) bond motifs is 1. The van der Waals surface area contributed by atoms with Crippen LogP contribution in [0.25, 0.3) is 0 Å². The molecule has 0 spiro atoms. The Labute approximate surface area is 148 Å². The molecule has 0 aliphatic heterocycles. The summed E-state index contributed by atoms with van der Waals surface area (Å²) in [6, 6.07) is 0. The van der Waals surface area contributed by atoms with Gasteiger partial charge < -0.3 is 10.2 Å². The molecule has 2 N–H and O–H groups in total. The first-order valence-corrected chi connectivity index (χ1v) is 10.1. The van der Waals surface area contributed by atoms with Gasteiger partial charge >= 0.3 is 0 Å². The van der Waals surface area contributed by atoms with E-state index in [0.29, 0.717) is 5.41 Å². The van der Waals surface area contributed by atoms with Crippen molar-refractivity contribution in [1.29, 1.82) is 0 Å². The van der Waals surface area contributed by atoms with Gasteiger partial charge in [0.2, 0.25) is 0 Å². The van der Waals surface area contributed by atoms with Gasteiger partial charge in [-0.1, -0.05) is 51.0 Å². The molecule has 24 heavy (non-hydrogen) atoms. The highest BCUT2D eigenvalue weighted by atomic mass is 16.3. The van der Waals surface area contributed by atoms with Crippen LogP contribution in [-0.2, 0) is 0 Å². The van der Waals surface area contributed by atoms with Crippen molar-refractivity contribution >= 4 is 0 Å². The van der Waals surface area contributed by atoms with Crippen LogP contribution in [0.15, 0.2) is 23.3 Å². The number of allylic oxidation sites excluding steroid dienone is 3. The Kier molecular flexibility index (Phi) is 5.28. The summed E-state index contributed by atoms with van der Waals surface area (Å²) in [5.41, 5.74) is 3.32. The van der Waals surface area contributed by atoms with E-state index in [0.717, 1.165) is 30.6 Å². The summed E-state index contributed by atoms with van der Waals surface area (Å²) in [7, 11) is 0. The average molecular weight is 333 g/mol. The molecule has 5 atom stereocenters. The van der Waals surface area contributed by atoms with Gasteiger partial charge in [-0.05, 0) is 68.1 Å². The summed E-state index contributed by atoms with van der Waals surface area (Å²) in [5, 5.41) is 20.2. The first-order valence-electron chi connectivity index (χ1n) is 10.1. The lowest BCUT2D eigenvalue weighted by Gasteiger charge is -2.43. The zero-order valence-electron chi connectivity index (χ0n) is 16.0. The summed E-state index contributed by atoms with van der Waals surface area (Å²) in [6.07, 6.45) is 11.9. The van der Waals surface area contributed by atoms with Gasteiger partial charge in [0, 0.05) is 5.92 Å². The number of rotatable bonds is 2. The molecule has 3 aliphatic rings. The van der Waals surface area contributed by atoms with Crippen LogP contribution in [-0.4, -0.2) is 22.4 Å². The Bertz CT molecular complexity index is 504. The van der Waals surface area contributed by atoms with Crippen LogP contribution >= 0.6 is 0 Å². The van der Waals surface area contributed by atoms with Gasteiger partial charge in [-0.25, -0.2) is 0 Å². The van der Waals surface area contributed by atoms with E-state index in [-0.39, 0.29) is 5.92 Å². The highest BCUT2D eigenvalue weighted by Gasteiger charge is 2.49. The minimum absolute atomic E-state index is 0.00518. The quantitative estimate of drug-likeness (QED) is 0.758. The minimum Gasteiger partial charge on any atom is -0.392 e. The van der Waals surface area contributed by atoms with Gasteiger partial charge in [0.1, 0.15) is 0 Å². The molecule has 0 bridgehead atoms. The lowest BCUT2D eigenvalue weighted by atomic mass is 9.61. The van der Waals surface area contributed by atoms with Crippen LogP contribution in [0.3, 0.4) is 0 Å². The summed E-state index contributed by atoms with van der Waals surface area (Å²) in [4.78, 5) is 0. The number of hydrogen-bond donors (Lipinski definition) is 2. The standard InChI is InChI=1S/C22H36O2/c1-14(2)18-9-10-19-17(6-5-11-22(18,19)4)8-7-16-12-20(23)15(3)21(24)13-16/h7-8,14-15,18-21,23-24H,5-6,9-13H2,1-4H3/t15?,18-,19+,20-,21-,22-/m1/s1. The van der Waals surface area contributed by atoms with Crippen molar-refractivity contribution < 1.29 is 10.2 Å². The van der Waals surface area contributed by atoms with E-state index >= 15 is 0 Å². The Balaban J connectivity index is 1.77. The molecule has 0 radical (unpaired) electrons. The topological polar surface area (TPSA) is 40.5 Å². The molecule has 136 valence electrons. The molecule has 0 aromatic heterocycles. The average Bonchev–Trinajstić information content (AvgIpc) is 2.88. The van der Waals surface area contributed by atoms with Crippen LogP contribution < -0.4 is 0 Å². The van der Waals surface area contributed by atoms with E-state index in [1.807, 2.05) is 6.92 Å². The van der Waals surface area contributed by atoms with Gasteiger partial charge in [0.15, 0.2) is 0 Å². The second-order valence-corrected chi connectivity index (χ2v) is 9.31. The van der Waals surface area contributed by atoms with Crippen LogP contribution in [0.1, 0.15) is 72.6 Å². The Morgan fingerprint density at radius 1 is 1.08 bits per heavy atom. The fraction of sp³-hybridized carbons (Fsp3) is 0.818. The highest BCUT2D eigenvalue weighted by molar-refractivity contribution is 5.26. The van der Waals surface area contributed by atoms with Gasteiger partial charge in [0.05, 0.1) is 12.2 Å². The van der Waals surface area contributed by atoms with Crippen molar-refractivity contribution in [3.63, 3.8) is 0 Å². The van der Waals surface area contributed by atoms with Crippen molar-refractivity contribution in [3.05, 3.63) is 23.3 Å². The molecule has 0 saturated heterocycles. The highest BCUT2D eigenvalue weighted by Crippen LogP contribution is 2.59. The van der Waals surface area contributed by atoms with Crippen LogP contribution in [0.5, 0.6) is 0 Å². The van der Waals surface area contributed by atoms with Crippen molar-refractivity contribution in [2.24, 2.45) is 29.1 Å². The van der Waals surface area contributed by atoms with Crippen LogP contribution in [0.2, 0.25) is 0 Å². The SMILES string of the molecule is CC1[C@H](O)CC(=CC=C2CCC[C@]3(C)[C@@H](C(C)C)CC[C@@H]23)C[C@H]1O. The van der Waals surface area contributed by atoms with Crippen molar-refractivity contribution in [3.8, 4) is 0 Å². The van der Waals surface area contributed by atoms with Gasteiger partial charge in [0.25, 0.3) is 0 Å². The molecule has 3 rings (SSSR count). The zero-order chi connectivity index (χ0) is 17.5. The van der Waals surface area contributed by atoms with Gasteiger partial charge in [-0.2, -0.15) is 0 Å². The third kappa shape index (κ3) is 3.24. The second-order valence-electron chi connectivity index (χ2n) is 9.31. The second kappa shape index (κ2) is 6.96. The molecular formula is C22H36O2. The third-order valence-electron chi connectivity index (χ3n) is 7.53. The fourth-order valence-electron chi connectivity index (χ4n) is 5.98. The van der Waals surface area contributed by atoms with E-state index < -0.39 is 12.2 Å². The molecule has 3 fully saturated rings. The lowest BCUT2D eigenvalue weighted by molar-refractivity contribution is 0.00407. The van der Waals surface area contributed by atoms with Crippen molar-refractivity contribution in [1.82, 2.24) is 0 Å². The Hall–Kier alpha value is -0.600. The van der Waals surface area contributed by atoms with Crippen LogP contribution in [0.4, 0.5) is 0 Å². The van der Waals surface area contributed by atoms with E-state index in [1.54, 1.807) is 5.57 Å². The molecule has 0 unspecified atom stereocenters. The van der Waals surface area contributed by atoms with Crippen molar-refractivity contribution in [2.75, 3.05) is 0 Å². The molecule has 2 nitrogen and oxygen atoms in total. The summed E-state index contributed by atoms with van der Waals surface area (Å²) in [5.74, 6) is 2.38. The largest absolute Gasteiger partial charge is 0.392 e. The maximum absolute atomic E-state index is 10.1. The van der Waals surface area contributed by atoms with E-state index in [4.69, 9.17) is 0 Å². The maximum Gasteiger partial charge on any atom is 0.0627 e. The number of aliphatic hydroxyl groups excluding tert-OH is 2. The smallest absolute Gasteiger partial charge is 0.0627 e. The molecule has 0 aromatic rings. The fourth-order valence-corrected chi connectivity index (χ4v) is 5.98. The summed E-state index contributed by atoms with van der Waals surface area (Å²) in [6.45, 7) is 9.27. The predicted molar refractivity (Wildman–Crippen MR) is 99.6 cm³/mol. The van der Waals surface area contributed by atoms with E-state index in [9.17, 15) is 10.2 Å². The number of hydrogen-bond acceptors (Lipinski definition) is 2.